The lowest BCUT2D eigenvalue weighted by Gasteiger charge is -2.19. The van der Waals surface area contributed by atoms with Crippen molar-refractivity contribution in [3.63, 3.8) is 0 Å². The highest BCUT2D eigenvalue weighted by atomic mass is 79.9. The predicted molar refractivity (Wildman–Crippen MR) is 88.4 cm³/mol. The third kappa shape index (κ3) is 3.84. The maximum atomic E-state index is 6.12. The van der Waals surface area contributed by atoms with Gasteiger partial charge in [0.2, 0.25) is 0 Å². The number of thioether (sulfide) groups is 1. The first-order chi connectivity index (χ1) is 8.56. The molecule has 1 nitrogen and oxygen atoms in total. The summed E-state index contributed by atoms with van der Waals surface area (Å²) in [4.78, 5) is 2.54. The highest BCUT2D eigenvalue weighted by Gasteiger charge is 2.19. The average Bonchev–Trinajstić information content (AvgIpc) is 2.72. The van der Waals surface area contributed by atoms with Crippen LogP contribution in [0.15, 0.2) is 49.6 Å². The first-order valence-corrected chi connectivity index (χ1v) is 8.77. The second-order valence-electron chi connectivity index (χ2n) is 4.00. The number of halogens is 2. The van der Waals surface area contributed by atoms with Crippen LogP contribution in [0.2, 0.25) is 0 Å². The minimum absolute atomic E-state index is 0.111. The van der Waals surface area contributed by atoms with E-state index in [0.29, 0.717) is 0 Å². The molecule has 2 aromatic rings. The molecule has 0 aliphatic heterocycles. The van der Waals surface area contributed by atoms with E-state index in [0.717, 1.165) is 8.26 Å². The van der Waals surface area contributed by atoms with Crippen molar-refractivity contribution in [2.75, 3.05) is 0 Å². The molecule has 1 heterocycles. The van der Waals surface area contributed by atoms with Gasteiger partial charge in [-0.25, -0.2) is 0 Å². The van der Waals surface area contributed by atoms with Gasteiger partial charge in [-0.3, -0.25) is 0 Å². The number of hydrogen-bond donors (Lipinski definition) is 1. The number of benzene rings is 1. The number of nitrogens with two attached hydrogens (primary N) is 1. The summed E-state index contributed by atoms with van der Waals surface area (Å²) in [6.45, 7) is 2.06. The SMILES string of the molecule is CC(N)C(Sc1cccc(Br)c1)c1ccc(Br)s1. The fourth-order valence-corrected chi connectivity index (χ4v) is 5.01. The monoisotopic (exact) mass is 405 g/mol. The fraction of sp³-hybridized carbons (Fsp3) is 0.231. The summed E-state index contributed by atoms with van der Waals surface area (Å²) in [6.07, 6.45) is 0. The van der Waals surface area contributed by atoms with Gasteiger partial charge in [0.25, 0.3) is 0 Å². The van der Waals surface area contributed by atoms with Crippen LogP contribution in [-0.4, -0.2) is 6.04 Å². The molecule has 0 bridgehead atoms. The number of rotatable bonds is 4. The summed E-state index contributed by atoms with van der Waals surface area (Å²) in [7, 11) is 0. The maximum Gasteiger partial charge on any atom is 0.0701 e. The van der Waals surface area contributed by atoms with E-state index >= 15 is 0 Å². The third-order valence-corrected chi connectivity index (χ3v) is 6.22. The van der Waals surface area contributed by atoms with E-state index in [1.54, 1.807) is 11.3 Å². The van der Waals surface area contributed by atoms with Crippen LogP contribution in [0.1, 0.15) is 17.1 Å². The van der Waals surface area contributed by atoms with Crippen LogP contribution < -0.4 is 5.73 Å². The van der Waals surface area contributed by atoms with Gasteiger partial charge >= 0.3 is 0 Å². The average molecular weight is 407 g/mol. The highest BCUT2D eigenvalue weighted by molar-refractivity contribution is 9.11. The first kappa shape index (κ1) is 14.6. The second-order valence-corrected chi connectivity index (χ2v) is 8.62. The molecule has 0 amide bonds. The highest BCUT2D eigenvalue weighted by Crippen LogP contribution is 2.41. The molecule has 1 aromatic carbocycles. The van der Waals surface area contributed by atoms with E-state index in [4.69, 9.17) is 5.73 Å². The molecule has 2 atom stereocenters. The summed E-state index contributed by atoms with van der Waals surface area (Å²) in [5.41, 5.74) is 6.12. The quantitative estimate of drug-likeness (QED) is 0.682. The van der Waals surface area contributed by atoms with Gasteiger partial charge in [0.05, 0.1) is 9.04 Å². The Morgan fingerprint density at radius 3 is 2.56 bits per heavy atom. The molecule has 0 radical (unpaired) electrons. The van der Waals surface area contributed by atoms with Crippen molar-refractivity contribution in [1.82, 2.24) is 0 Å². The van der Waals surface area contributed by atoms with E-state index in [9.17, 15) is 0 Å². The minimum atomic E-state index is 0.111. The summed E-state index contributed by atoms with van der Waals surface area (Å²) in [5.74, 6) is 0. The standard InChI is InChI=1S/C13H13Br2NS2/c1-8(16)13(11-5-6-12(15)18-11)17-10-4-2-3-9(14)7-10/h2-8,13H,16H2,1H3. The Morgan fingerprint density at radius 2 is 2.00 bits per heavy atom. The van der Waals surface area contributed by atoms with E-state index in [-0.39, 0.29) is 11.3 Å². The minimum Gasteiger partial charge on any atom is -0.327 e. The normalized spacial score (nSPS) is 14.4. The van der Waals surface area contributed by atoms with Crippen LogP contribution in [0.25, 0.3) is 0 Å². The molecule has 1 aromatic heterocycles. The molecule has 0 saturated heterocycles. The van der Waals surface area contributed by atoms with Gasteiger partial charge in [-0.1, -0.05) is 22.0 Å². The summed E-state index contributed by atoms with van der Waals surface area (Å²) < 4.78 is 2.25. The summed E-state index contributed by atoms with van der Waals surface area (Å²) in [6, 6.07) is 12.7. The zero-order valence-corrected chi connectivity index (χ0v) is 14.6. The molecular weight excluding hydrogens is 394 g/mol. The molecule has 18 heavy (non-hydrogen) atoms. The lowest BCUT2D eigenvalue weighted by atomic mass is 10.2. The Bertz CT molecular complexity index is 525. The Hall–Kier alpha value is 0.190. The topological polar surface area (TPSA) is 26.0 Å². The smallest absolute Gasteiger partial charge is 0.0701 e. The predicted octanol–water partition coefficient (Wildman–Crippen LogP) is 5.45. The Kier molecular flexibility index (Phi) is 5.33. The van der Waals surface area contributed by atoms with Crippen molar-refractivity contribution >= 4 is 55.0 Å². The molecule has 0 aliphatic rings. The summed E-state index contributed by atoms with van der Waals surface area (Å²) in [5, 5.41) is 0.288. The zero-order chi connectivity index (χ0) is 13.1. The second kappa shape index (κ2) is 6.57. The van der Waals surface area contributed by atoms with Crippen LogP contribution in [0, 0.1) is 0 Å². The Labute approximate surface area is 132 Å². The van der Waals surface area contributed by atoms with Gasteiger partial charge in [-0.15, -0.1) is 23.1 Å². The van der Waals surface area contributed by atoms with Crippen LogP contribution in [0.3, 0.4) is 0 Å². The molecule has 0 spiro atoms. The molecule has 2 unspecified atom stereocenters. The van der Waals surface area contributed by atoms with Crippen molar-refractivity contribution in [3.8, 4) is 0 Å². The van der Waals surface area contributed by atoms with Crippen LogP contribution >= 0.6 is 55.0 Å². The van der Waals surface area contributed by atoms with Crippen molar-refractivity contribution in [1.29, 1.82) is 0 Å². The van der Waals surface area contributed by atoms with Crippen LogP contribution in [0.4, 0.5) is 0 Å². The maximum absolute atomic E-state index is 6.12. The number of thiophene rings is 1. The van der Waals surface area contributed by atoms with Crippen LogP contribution in [-0.2, 0) is 0 Å². The van der Waals surface area contributed by atoms with Crippen LogP contribution in [0.5, 0.6) is 0 Å². The van der Waals surface area contributed by atoms with E-state index < -0.39 is 0 Å². The lowest BCUT2D eigenvalue weighted by molar-refractivity contribution is 0.730. The van der Waals surface area contributed by atoms with E-state index in [2.05, 4.69) is 69.1 Å². The van der Waals surface area contributed by atoms with Gasteiger partial charge in [-0.05, 0) is 53.2 Å². The molecule has 0 saturated carbocycles. The number of hydrogen-bond acceptors (Lipinski definition) is 3. The lowest BCUT2D eigenvalue weighted by Crippen LogP contribution is -2.21. The Balaban J connectivity index is 2.22. The summed E-state index contributed by atoms with van der Waals surface area (Å²) >= 11 is 10.6. The largest absolute Gasteiger partial charge is 0.327 e. The Morgan fingerprint density at radius 1 is 1.22 bits per heavy atom. The molecule has 2 rings (SSSR count). The van der Waals surface area contributed by atoms with Gasteiger partial charge in [0, 0.05) is 20.3 Å². The fourth-order valence-electron chi connectivity index (χ4n) is 1.59. The molecule has 5 heteroatoms. The third-order valence-electron chi connectivity index (χ3n) is 2.41. The molecule has 96 valence electrons. The van der Waals surface area contributed by atoms with Gasteiger partial charge in [0.1, 0.15) is 0 Å². The van der Waals surface area contributed by atoms with Crippen molar-refractivity contribution in [3.05, 3.63) is 49.5 Å². The molecule has 2 N–H and O–H groups in total. The van der Waals surface area contributed by atoms with E-state index in [1.807, 2.05) is 17.8 Å². The van der Waals surface area contributed by atoms with Crippen molar-refractivity contribution in [2.45, 2.75) is 23.1 Å². The van der Waals surface area contributed by atoms with Gasteiger partial charge in [-0.2, -0.15) is 0 Å². The molecule has 0 aliphatic carbocycles. The van der Waals surface area contributed by atoms with Crippen molar-refractivity contribution < 1.29 is 0 Å². The van der Waals surface area contributed by atoms with Gasteiger partial charge < -0.3 is 5.73 Å². The zero-order valence-electron chi connectivity index (χ0n) is 9.77. The molecular formula is C13H13Br2NS2. The van der Waals surface area contributed by atoms with E-state index in [1.165, 1.54) is 9.77 Å². The van der Waals surface area contributed by atoms with Crippen molar-refractivity contribution in [2.24, 2.45) is 5.73 Å². The molecule has 0 fully saturated rings. The first-order valence-electron chi connectivity index (χ1n) is 5.49. The van der Waals surface area contributed by atoms with Gasteiger partial charge in [0.15, 0.2) is 0 Å².